The van der Waals surface area contributed by atoms with Gasteiger partial charge < -0.3 is 20.3 Å². The Kier molecular flexibility index (Phi) is 7.60. The van der Waals surface area contributed by atoms with Crippen LogP contribution in [-0.2, 0) is 11.2 Å². The number of carbonyl (C=O) groups is 1. The smallest absolute Gasteiger partial charge is 0.315 e. The molecule has 5 nitrogen and oxygen atoms in total. The van der Waals surface area contributed by atoms with E-state index in [1.807, 2.05) is 30.3 Å². The van der Waals surface area contributed by atoms with Gasteiger partial charge >= 0.3 is 5.97 Å². The maximum atomic E-state index is 12.6. The van der Waals surface area contributed by atoms with Crippen LogP contribution in [0.15, 0.2) is 84.9 Å². The number of aromatic hydroxyl groups is 2. The molecule has 0 heterocycles. The van der Waals surface area contributed by atoms with Crippen molar-refractivity contribution in [2.45, 2.75) is 6.42 Å². The molecule has 7 heteroatoms. The highest BCUT2D eigenvalue weighted by Gasteiger charge is 2.13. The van der Waals surface area contributed by atoms with Crippen LogP contribution in [0.25, 0.3) is 12.2 Å². The van der Waals surface area contributed by atoms with Gasteiger partial charge in [0, 0.05) is 11.8 Å². The van der Waals surface area contributed by atoms with Crippen LogP contribution in [0.1, 0.15) is 16.7 Å². The maximum Gasteiger partial charge on any atom is 0.315 e. The number of esters is 1. The fourth-order valence-corrected chi connectivity index (χ4v) is 3.92. The largest absolute Gasteiger partial charge is 0.508 e. The van der Waals surface area contributed by atoms with Crippen molar-refractivity contribution < 1.29 is 19.7 Å². The third-order valence-electron chi connectivity index (χ3n) is 5.08. The molecule has 0 spiro atoms. The molecule has 0 saturated heterocycles. The Morgan fingerprint density at radius 3 is 2.11 bits per heavy atom. The lowest BCUT2D eigenvalue weighted by Crippen LogP contribution is -2.12. The van der Waals surface area contributed by atoms with Crippen LogP contribution in [0.4, 0.5) is 11.4 Å². The lowest BCUT2D eigenvalue weighted by atomic mass is 10.1. The van der Waals surface area contributed by atoms with E-state index in [1.165, 1.54) is 6.07 Å². The van der Waals surface area contributed by atoms with Crippen molar-refractivity contribution in [2.24, 2.45) is 0 Å². The molecule has 3 N–H and O–H groups in total. The predicted molar refractivity (Wildman–Crippen MR) is 141 cm³/mol. The average molecular weight is 506 g/mol. The predicted octanol–water partition coefficient (Wildman–Crippen LogP) is 7.47. The number of anilines is 2. The highest BCUT2D eigenvalue weighted by molar-refractivity contribution is 6.39. The Morgan fingerprint density at radius 2 is 1.43 bits per heavy atom. The number of phenolic OH excluding ortho intramolecular Hbond substituents is 2. The summed E-state index contributed by atoms with van der Waals surface area (Å²) < 4.78 is 5.51. The van der Waals surface area contributed by atoms with Gasteiger partial charge in [-0.05, 0) is 59.2 Å². The van der Waals surface area contributed by atoms with Gasteiger partial charge in [-0.2, -0.15) is 0 Å². The first-order chi connectivity index (χ1) is 16.9. The molecule has 0 unspecified atom stereocenters. The van der Waals surface area contributed by atoms with Crippen LogP contribution in [0, 0.1) is 0 Å². The molecule has 4 aromatic carbocycles. The van der Waals surface area contributed by atoms with E-state index >= 15 is 0 Å². The Balaban J connectivity index is 1.41. The molecule has 0 aliphatic heterocycles. The Hall–Kier alpha value is -3.93. The summed E-state index contributed by atoms with van der Waals surface area (Å²) in [4.78, 5) is 12.6. The maximum absolute atomic E-state index is 12.6. The minimum absolute atomic E-state index is 0.0151. The van der Waals surface area contributed by atoms with Crippen molar-refractivity contribution in [3.05, 3.63) is 112 Å². The van der Waals surface area contributed by atoms with E-state index in [-0.39, 0.29) is 17.9 Å². The number of hydrogen-bond acceptors (Lipinski definition) is 5. The van der Waals surface area contributed by atoms with E-state index < -0.39 is 5.97 Å². The Bertz CT molecular complexity index is 1340. The number of carbonyl (C=O) groups excluding carboxylic acids is 1. The van der Waals surface area contributed by atoms with Gasteiger partial charge in [0.1, 0.15) is 17.2 Å². The van der Waals surface area contributed by atoms with Crippen molar-refractivity contribution >= 4 is 52.7 Å². The van der Waals surface area contributed by atoms with Crippen molar-refractivity contribution in [1.82, 2.24) is 0 Å². The van der Waals surface area contributed by atoms with Crippen molar-refractivity contribution in [3.8, 4) is 17.2 Å². The molecule has 0 radical (unpaired) electrons. The van der Waals surface area contributed by atoms with Crippen molar-refractivity contribution in [1.29, 1.82) is 0 Å². The van der Waals surface area contributed by atoms with E-state index in [9.17, 15) is 15.0 Å². The van der Waals surface area contributed by atoms with Crippen LogP contribution < -0.4 is 10.1 Å². The topological polar surface area (TPSA) is 78.8 Å². The molecule has 0 fully saturated rings. The van der Waals surface area contributed by atoms with Gasteiger partial charge in [-0.25, -0.2) is 0 Å². The summed E-state index contributed by atoms with van der Waals surface area (Å²) in [5, 5.41) is 23.3. The molecule has 0 bridgehead atoms. The summed E-state index contributed by atoms with van der Waals surface area (Å²) in [6, 6.07) is 24.0. The average Bonchev–Trinajstić information content (AvgIpc) is 2.81. The van der Waals surface area contributed by atoms with Gasteiger partial charge in [-0.3, -0.25) is 4.79 Å². The van der Waals surface area contributed by atoms with E-state index in [0.717, 1.165) is 11.1 Å². The van der Waals surface area contributed by atoms with Gasteiger partial charge in [-0.1, -0.05) is 71.8 Å². The lowest BCUT2D eigenvalue weighted by Gasteiger charge is -2.14. The summed E-state index contributed by atoms with van der Waals surface area (Å²) in [7, 11) is 0. The first kappa shape index (κ1) is 24.2. The van der Waals surface area contributed by atoms with E-state index in [1.54, 1.807) is 60.7 Å². The molecule has 35 heavy (non-hydrogen) atoms. The summed E-state index contributed by atoms with van der Waals surface area (Å²) in [5.74, 6) is -0.0259. The fraction of sp³-hybridized carbons (Fsp3) is 0.0357. The van der Waals surface area contributed by atoms with Crippen LogP contribution in [0.5, 0.6) is 17.2 Å². The molecule has 4 rings (SSSR count). The van der Waals surface area contributed by atoms with E-state index in [4.69, 9.17) is 27.9 Å². The normalized spacial score (nSPS) is 10.9. The fourth-order valence-electron chi connectivity index (χ4n) is 3.43. The molecule has 4 aromatic rings. The van der Waals surface area contributed by atoms with Gasteiger partial charge in [0.15, 0.2) is 0 Å². The van der Waals surface area contributed by atoms with Gasteiger partial charge in [-0.15, -0.1) is 0 Å². The molecule has 0 atom stereocenters. The quantitative estimate of drug-likeness (QED) is 0.138. The summed E-state index contributed by atoms with van der Waals surface area (Å²) >= 11 is 12.5. The zero-order valence-electron chi connectivity index (χ0n) is 18.4. The number of rotatable bonds is 7. The second-order valence-corrected chi connectivity index (χ2v) is 8.53. The minimum atomic E-state index is -0.414. The third-order valence-corrected chi connectivity index (χ3v) is 5.71. The van der Waals surface area contributed by atoms with E-state index in [2.05, 4.69) is 5.32 Å². The van der Waals surface area contributed by atoms with Gasteiger partial charge in [0.2, 0.25) is 0 Å². The minimum Gasteiger partial charge on any atom is -0.508 e. The van der Waals surface area contributed by atoms with E-state index in [0.29, 0.717) is 32.7 Å². The number of hydrogen-bond donors (Lipinski definition) is 3. The number of nitrogens with one attached hydrogen (secondary N) is 1. The number of para-hydroxylation sites is 2. The van der Waals surface area contributed by atoms with Crippen LogP contribution in [0.2, 0.25) is 10.0 Å². The Morgan fingerprint density at radius 1 is 0.800 bits per heavy atom. The number of ether oxygens (including phenoxy) is 1. The molecule has 0 saturated carbocycles. The molecule has 0 amide bonds. The molecule has 0 aromatic heterocycles. The number of phenols is 2. The van der Waals surface area contributed by atoms with Crippen LogP contribution in [0.3, 0.4) is 0 Å². The monoisotopic (exact) mass is 505 g/mol. The third kappa shape index (κ3) is 6.57. The van der Waals surface area contributed by atoms with Gasteiger partial charge in [0.05, 0.1) is 22.2 Å². The Labute approximate surface area is 212 Å². The van der Waals surface area contributed by atoms with Crippen molar-refractivity contribution in [2.75, 3.05) is 5.32 Å². The zero-order chi connectivity index (χ0) is 24.8. The highest BCUT2D eigenvalue weighted by atomic mass is 35.5. The summed E-state index contributed by atoms with van der Waals surface area (Å²) in [6.45, 7) is 0. The van der Waals surface area contributed by atoms with Crippen LogP contribution >= 0.6 is 23.2 Å². The molecule has 0 aliphatic carbocycles. The summed E-state index contributed by atoms with van der Waals surface area (Å²) in [6.07, 6.45) is 3.63. The standard InChI is InChI=1S/C28H21Cl2NO4/c29-24-5-3-6-25(30)28(24)31-26-7-2-1-4-20(26)16-27(34)35-23-12-10-18(11-13-23)8-9-19-14-21(32)17-22(33)15-19/h1-15,17,31-33H,16H2/b9-8+. The van der Waals surface area contributed by atoms with Crippen LogP contribution in [-0.4, -0.2) is 16.2 Å². The molecule has 176 valence electrons. The van der Waals surface area contributed by atoms with Crippen molar-refractivity contribution in [3.63, 3.8) is 0 Å². The number of benzene rings is 4. The van der Waals surface area contributed by atoms with Gasteiger partial charge in [0.25, 0.3) is 0 Å². The highest BCUT2D eigenvalue weighted by Crippen LogP contribution is 2.33. The second-order valence-electron chi connectivity index (χ2n) is 7.71. The lowest BCUT2D eigenvalue weighted by molar-refractivity contribution is -0.133. The molecule has 0 aliphatic rings. The number of halogens is 2. The second kappa shape index (κ2) is 11.0. The zero-order valence-corrected chi connectivity index (χ0v) is 19.9. The SMILES string of the molecule is O=C(Cc1ccccc1Nc1c(Cl)cccc1Cl)Oc1ccc(/C=C/c2cc(O)cc(O)c2)cc1. The first-order valence-corrected chi connectivity index (χ1v) is 11.4. The molecular formula is C28H21Cl2NO4. The summed E-state index contributed by atoms with van der Waals surface area (Å²) in [5.41, 5.74) is 3.53. The molecular weight excluding hydrogens is 485 g/mol. The first-order valence-electron chi connectivity index (χ1n) is 10.7.